The zero-order valence-corrected chi connectivity index (χ0v) is 26.0. The fourth-order valence-electron chi connectivity index (χ4n) is 4.60. The number of aromatic nitrogens is 2. The van der Waals surface area contributed by atoms with E-state index in [4.69, 9.17) is 9.47 Å². The van der Waals surface area contributed by atoms with Crippen LogP contribution in [0.25, 0.3) is 0 Å². The molecule has 0 bridgehead atoms. The number of ether oxygens (including phenoxy) is 2. The van der Waals surface area contributed by atoms with Crippen LogP contribution in [0.4, 0.5) is 10.3 Å². The molecule has 14 nitrogen and oxygen atoms in total. The van der Waals surface area contributed by atoms with E-state index in [0.29, 0.717) is 11.5 Å². The van der Waals surface area contributed by atoms with Gasteiger partial charge in [0, 0.05) is 23.2 Å². The second-order valence-corrected chi connectivity index (χ2v) is 13.4. The Morgan fingerprint density at radius 1 is 0.733 bits per heavy atom. The Bertz CT molecular complexity index is 1510. The van der Waals surface area contributed by atoms with Crippen molar-refractivity contribution in [2.45, 2.75) is 24.3 Å². The normalized spacial score (nSPS) is 21.8. The predicted molar refractivity (Wildman–Crippen MR) is 167 cm³/mol. The Morgan fingerprint density at radius 3 is 1.49 bits per heavy atom. The van der Waals surface area contributed by atoms with Crippen LogP contribution in [0.3, 0.4) is 0 Å². The third-order valence-corrected chi connectivity index (χ3v) is 10.1. The lowest BCUT2D eigenvalue weighted by atomic mass is 9.99. The molecule has 2 aromatic carbocycles. The molecular formula is C28H30N6O8S3. The number of benzene rings is 2. The Hall–Kier alpha value is -3.97. The van der Waals surface area contributed by atoms with Crippen molar-refractivity contribution in [2.75, 3.05) is 36.9 Å². The standard InChI is InChI=1S/C28H30N6O8S3/c35-23(31-27-29-11-13-43-27)15-33-21(17-41-19-7-3-1-4-8-19)25(37)26(38)22(18-42-20-9-5-2-6-10-20)34(45(33,39)40)16-24(36)32-28-30-12-14-44-28/h1-14,21-22,25-26,37-38H,15-18H2,(H,29,31,35)(H,30,32,36)/t21-,22-,25+,26+/m1/s1. The summed E-state index contributed by atoms with van der Waals surface area (Å²) in [6.45, 7) is -2.44. The molecule has 1 fully saturated rings. The van der Waals surface area contributed by atoms with Gasteiger partial charge in [0.2, 0.25) is 11.8 Å². The zero-order chi connectivity index (χ0) is 31.8. The molecule has 4 aromatic rings. The number of anilines is 2. The summed E-state index contributed by atoms with van der Waals surface area (Å²) >= 11 is 2.26. The Morgan fingerprint density at radius 2 is 1.13 bits per heavy atom. The van der Waals surface area contributed by atoms with Crippen LogP contribution in [0, 0.1) is 0 Å². The fourth-order valence-corrected chi connectivity index (χ4v) is 7.58. The minimum atomic E-state index is -4.79. The smallest absolute Gasteiger partial charge is 0.283 e. The van der Waals surface area contributed by atoms with Gasteiger partial charge in [0.25, 0.3) is 10.2 Å². The monoisotopic (exact) mass is 674 g/mol. The number of carbonyl (C=O) groups excluding carboxylic acids is 2. The molecule has 0 saturated carbocycles. The van der Waals surface area contributed by atoms with Crippen LogP contribution in [0.1, 0.15) is 0 Å². The van der Waals surface area contributed by atoms with E-state index in [0.717, 1.165) is 31.3 Å². The molecule has 4 N–H and O–H groups in total. The van der Waals surface area contributed by atoms with Gasteiger partial charge in [-0.1, -0.05) is 36.4 Å². The average Bonchev–Trinajstić information content (AvgIpc) is 3.74. The predicted octanol–water partition coefficient (Wildman–Crippen LogP) is 1.66. The highest BCUT2D eigenvalue weighted by molar-refractivity contribution is 7.86. The van der Waals surface area contributed by atoms with Crippen molar-refractivity contribution < 1.29 is 37.7 Å². The SMILES string of the molecule is O=C(CN1[C@H](COc2ccccc2)[C@H](O)[C@@H](O)[C@@H](COc2ccccc2)N(CC(=O)Nc2nccs2)S1(=O)=O)Nc1nccs1. The van der Waals surface area contributed by atoms with Crippen molar-refractivity contribution in [3.63, 3.8) is 0 Å². The van der Waals surface area contributed by atoms with E-state index in [1.807, 2.05) is 0 Å². The Kier molecular flexibility index (Phi) is 10.7. The largest absolute Gasteiger partial charge is 0.492 e. The number of thiazole rings is 2. The summed E-state index contributed by atoms with van der Waals surface area (Å²) in [6.07, 6.45) is -0.598. The molecule has 0 spiro atoms. The zero-order valence-electron chi connectivity index (χ0n) is 23.6. The van der Waals surface area contributed by atoms with Crippen LogP contribution < -0.4 is 20.1 Å². The molecule has 17 heteroatoms. The summed E-state index contributed by atoms with van der Waals surface area (Å²) in [5.41, 5.74) is 0. The van der Waals surface area contributed by atoms with E-state index in [1.54, 1.807) is 71.4 Å². The summed E-state index contributed by atoms with van der Waals surface area (Å²) in [5.74, 6) is -0.773. The Labute approximate surface area is 267 Å². The first kappa shape index (κ1) is 32.4. The molecule has 1 aliphatic heterocycles. The van der Waals surface area contributed by atoms with Gasteiger partial charge in [-0.25, -0.2) is 9.97 Å². The first-order valence-electron chi connectivity index (χ1n) is 13.6. The molecule has 1 aliphatic rings. The van der Waals surface area contributed by atoms with Crippen molar-refractivity contribution in [3.05, 3.63) is 83.8 Å². The topological polar surface area (TPSA) is 184 Å². The van der Waals surface area contributed by atoms with E-state index in [2.05, 4.69) is 20.6 Å². The van der Waals surface area contributed by atoms with Crippen LogP contribution in [0.5, 0.6) is 11.5 Å². The quantitative estimate of drug-likeness (QED) is 0.172. The average molecular weight is 675 g/mol. The number of rotatable bonds is 12. The summed E-state index contributed by atoms with van der Waals surface area (Å²) < 4.78 is 42.1. The molecule has 0 unspecified atom stereocenters. The van der Waals surface area contributed by atoms with Crippen LogP contribution >= 0.6 is 22.7 Å². The van der Waals surface area contributed by atoms with E-state index in [-0.39, 0.29) is 10.3 Å². The first-order valence-corrected chi connectivity index (χ1v) is 16.8. The molecule has 4 atom stereocenters. The molecule has 3 heterocycles. The van der Waals surface area contributed by atoms with Gasteiger partial charge in [-0.05, 0) is 24.3 Å². The molecule has 5 rings (SSSR count). The second-order valence-electron chi connectivity index (χ2n) is 9.73. The maximum atomic E-state index is 14.5. The number of aliphatic hydroxyl groups excluding tert-OH is 2. The molecular weight excluding hydrogens is 645 g/mol. The van der Waals surface area contributed by atoms with Gasteiger partial charge in [-0.15, -0.1) is 22.7 Å². The van der Waals surface area contributed by atoms with Crippen molar-refractivity contribution in [1.29, 1.82) is 0 Å². The van der Waals surface area contributed by atoms with E-state index < -0.39 is 72.6 Å². The maximum absolute atomic E-state index is 14.5. The van der Waals surface area contributed by atoms with Gasteiger partial charge in [0.15, 0.2) is 10.3 Å². The second kappa shape index (κ2) is 14.9. The summed E-state index contributed by atoms with van der Waals surface area (Å²) in [5, 5.41) is 31.9. The van der Waals surface area contributed by atoms with Crippen LogP contribution in [-0.2, 0) is 19.8 Å². The van der Waals surface area contributed by atoms with Crippen LogP contribution in [0.2, 0.25) is 0 Å². The highest BCUT2D eigenvalue weighted by atomic mass is 32.2. The van der Waals surface area contributed by atoms with Crippen molar-refractivity contribution >= 4 is 55.0 Å². The summed E-state index contributed by atoms with van der Waals surface area (Å²) in [7, 11) is -4.79. The van der Waals surface area contributed by atoms with E-state index in [1.165, 1.54) is 12.4 Å². The molecule has 0 radical (unpaired) electrons. The molecule has 2 amide bonds. The van der Waals surface area contributed by atoms with Gasteiger partial charge < -0.3 is 30.3 Å². The first-order chi connectivity index (χ1) is 21.7. The van der Waals surface area contributed by atoms with Crippen molar-refractivity contribution in [1.82, 2.24) is 18.6 Å². The minimum Gasteiger partial charge on any atom is -0.492 e. The Balaban J connectivity index is 1.50. The van der Waals surface area contributed by atoms with Crippen molar-refractivity contribution in [2.24, 2.45) is 0 Å². The number of para-hydroxylation sites is 2. The number of hydrogen-bond acceptors (Lipinski definition) is 12. The van der Waals surface area contributed by atoms with Gasteiger partial charge in [0.1, 0.15) is 36.9 Å². The number of nitrogens with one attached hydrogen (secondary N) is 2. The van der Waals surface area contributed by atoms with Crippen LogP contribution in [-0.4, -0.2) is 99.6 Å². The minimum absolute atomic E-state index is 0.235. The number of aliphatic hydroxyl groups is 2. The lowest BCUT2D eigenvalue weighted by Gasteiger charge is -2.33. The summed E-state index contributed by atoms with van der Waals surface area (Å²) in [6, 6.07) is 14.0. The summed E-state index contributed by atoms with van der Waals surface area (Å²) in [4.78, 5) is 34.3. The van der Waals surface area contributed by atoms with Crippen molar-refractivity contribution in [3.8, 4) is 11.5 Å². The molecule has 238 valence electrons. The third kappa shape index (κ3) is 8.20. The number of nitrogens with zero attached hydrogens (tertiary/aromatic N) is 4. The molecule has 2 aromatic heterocycles. The lowest BCUT2D eigenvalue weighted by Crippen LogP contribution is -2.56. The fraction of sp³-hybridized carbons (Fsp3) is 0.286. The molecule has 45 heavy (non-hydrogen) atoms. The highest BCUT2D eigenvalue weighted by Gasteiger charge is 2.52. The van der Waals surface area contributed by atoms with Gasteiger partial charge in [-0.2, -0.15) is 17.0 Å². The lowest BCUT2D eigenvalue weighted by molar-refractivity contribution is -0.118. The molecule has 0 aliphatic carbocycles. The van der Waals surface area contributed by atoms with E-state index >= 15 is 0 Å². The number of carbonyl (C=O) groups is 2. The van der Waals surface area contributed by atoms with E-state index in [9.17, 15) is 28.2 Å². The maximum Gasteiger partial charge on any atom is 0.283 e. The van der Waals surface area contributed by atoms with Gasteiger partial charge in [-0.3, -0.25) is 9.59 Å². The van der Waals surface area contributed by atoms with Gasteiger partial charge >= 0.3 is 0 Å². The highest BCUT2D eigenvalue weighted by Crippen LogP contribution is 2.29. The van der Waals surface area contributed by atoms with Gasteiger partial charge in [0.05, 0.1) is 25.2 Å². The van der Waals surface area contributed by atoms with Crippen LogP contribution in [0.15, 0.2) is 83.8 Å². The molecule has 1 saturated heterocycles. The third-order valence-electron chi connectivity index (χ3n) is 6.76. The number of hydrogen-bond donors (Lipinski definition) is 4. The number of amides is 2.